The smallest absolute Gasteiger partial charge is 0.273 e. The molecule has 2 N–H and O–H groups in total. The van der Waals surface area contributed by atoms with Gasteiger partial charge < -0.3 is 15.2 Å². The second-order valence-electron chi connectivity index (χ2n) is 8.03. The molecule has 2 heterocycles. The van der Waals surface area contributed by atoms with E-state index in [9.17, 15) is 13.2 Å². The van der Waals surface area contributed by atoms with Crippen molar-refractivity contribution in [2.24, 2.45) is 5.73 Å². The number of para-hydroxylation sites is 2. The van der Waals surface area contributed by atoms with E-state index in [2.05, 4.69) is 4.98 Å². The van der Waals surface area contributed by atoms with Gasteiger partial charge in [-0.1, -0.05) is 36.4 Å². The molecule has 4 aromatic rings. The monoisotopic (exact) mass is 489 g/mol. The number of rotatable bonds is 6. The quantitative estimate of drug-likeness (QED) is 0.441. The normalized spacial score (nSPS) is 17.5. The van der Waals surface area contributed by atoms with Crippen molar-refractivity contribution in [2.75, 3.05) is 18.0 Å². The highest BCUT2D eigenvalue weighted by atomic mass is 32.2. The van der Waals surface area contributed by atoms with Gasteiger partial charge in [0.05, 0.1) is 24.9 Å². The molecule has 3 aromatic carbocycles. The first kappa shape index (κ1) is 22.8. The van der Waals surface area contributed by atoms with Crippen LogP contribution in [-0.4, -0.2) is 33.0 Å². The number of fused-ring (bicyclic) bond motifs is 2. The summed E-state index contributed by atoms with van der Waals surface area (Å²) in [4.78, 5) is 18.3. The third-order valence-corrected chi connectivity index (χ3v) is 7.82. The minimum Gasteiger partial charge on any atom is -0.497 e. The van der Waals surface area contributed by atoms with Gasteiger partial charge in [-0.3, -0.25) is 9.78 Å². The molecule has 1 aliphatic rings. The van der Waals surface area contributed by atoms with Gasteiger partial charge in [0.2, 0.25) is 0 Å². The van der Waals surface area contributed by atoms with Crippen molar-refractivity contribution in [1.29, 1.82) is 0 Å². The topological polar surface area (TPSA) is 112 Å². The predicted octanol–water partition coefficient (Wildman–Crippen LogP) is 3.58. The van der Waals surface area contributed by atoms with Crippen LogP contribution >= 0.6 is 0 Å². The summed E-state index contributed by atoms with van der Waals surface area (Å²) in [6.45, 7) is 2.16. The second kappa shape index (κ2) is 8.37. The summed E-state index contributed by atoms with van der Waals surface area (Å²) in [5, 5.41) is 0.635. The van der Waals surface area contributed by atoms with Crippen LogP contribution in [0.5, 0.6) is 11.5 Å². The van der Waals surface area contributed by atoms with E-state index in [1.54, 1.807) is 60.7 Å². The number of sulfonamides is 1. The molecule has 0 aliphatic carbocycles. The largest absolute Gasteiger partial charge is 0.497 e. The van der Waals surface area contributed by atoms with Crippen molar-refractivity contribution in [1.82, 2.24) is 4.98 Å². The van der Waals surface area contributed by atoms with Crippen molar-refractivity contribution in [3.8, 4) is 11.5 Å². The highest BCUT2D eigenvalue weighted by Crippen LogP contribution is 2.48. The lowest BCUT2D eigenvalue weighted by Gasteiger charge is -2.26. The van der Waals surface area contributed by atoms with Gasteiger partial charge >= 0.3 is 0 Å². The summed E-state index contributed by atoms with van der Waals surface area (Å²) in [5.41, 5.74) is 6.10. The standard InChI is InChI=1S/C26H23N3O5S/c1-3-34-22-11-5-4-10-19(22)26(27)20-16-18(33-2)13-14-21(20)29(25(26)30)35(31,32)23-12-6-8-17-9-7-15-28-24(17)23/h4-16H,3,27H2,1-2H3. The number of carbonyl (C=O) groups is 1. The van der Waals surface area contributed by atoms with Crippen LogP contribution in [-0.2, 0) is 20.4 Å². The molecule has 1 aromatic heterocycles. The Bertz CT molecular complexity index is 1570. The molecule has 9 heteroatoms. The first-order chi connectivity index (χ1) is 16.8. The van der Waals surface area contributed by atoms with Crippen LogP contribution in [0.15, 0.2) is 83.9 Å². The molecule has 5 rings (SSSR count). The third kappa shape index (κ3) is 3.35. The Kier molecular flexibility index (Phi) is 5.46. The molecular formula is C26H23N3O5S. The van der Waals surface area contributed by atoms with Gasteiger partial charge in [-0.2, -0.15) is 0 Å². The Morgan fingerprint density at radius 3 is 2.54 bits per heavy atom. The average molecular weight is 490 g/mol. The fourth-order valence-corrected chi connectivity index (χ4v) is 6.12. The first-order valence-electron chi connectivity index (χ1n) is 11.0. The predicted molar refractivity (Wildman–Crippen MR) is 132 cm³/mol. The van der Waals surface area contributed by atoms with Crippen LogP contribution < -0.4 is 19.5 Å². The molecule has 35 heavy (non-hydrogen) atoms. The highest BCUT2D eigenvalue weighted by molar-refractivity contribution is 7.93. The summed E-state index contributed by atoms with van der Waals surface area (Å²) >= 11 is 0. The molecule has 1 atom stereocenters. The number of hydrogen-bond acceptors (Lipinski definition) is 7. The zero-order valence-electron chi connectivity index (χ0n) is 19.1. The molecule has 1 amide bonds. The van der Waals surface area contributed by atoms with Crippen molar-refractivity contribution in [3.05, 3.63) is 90.1 Å². The molecule has 0 saturated heterocycles. The maximum Gasteiger partial charge on any atom is 0.273 e. The molecule has 178 valence electrons. The van der Waals surface area contributed by atoms with E-state index in [4.69, 9.17) is 15.2 Å². The number of aromatic nitrogens is 1. The summed E-state index contributed by atoms with van der Waals surface area (Å²) in [7, 11) is -2.90. The highest BCUT2D eigenvalue weighted by Gasteiger charge is 2.55. The van der Waals surface area contributed by atoms with Crippen LogP contribution in [0.1, 0.15) is 18.1 Å². The number of methoxy groups -OCH3 is 1. The molecule has 1 unspecified atom stereocenters. The van der Waals surface area contributed by atoms with Crippen LogP contribution in [0.3, 0.4) is 0 Å². The second-order valence-corrected chi connectivity index (χ2v) is 9.78. The van der Waals surface area contributed by atoms with Crippen LogP contribution in [0, 0.1) is 0 Å². The maximum absolute atomic E-state index is 14.1. The number of carbonyl (C=O) groups excluding carboxylic acids is 1. The molecule has 8 nitrogen and oxygen atoms in total. The molecule has 0 radical (unpaired) electrons. The Balaban J connectivity index is 1.78. The van der Waals surface area contributed by atoms with Crippen LogP contribution in [0.2, 0.25) is 0 Å². The molecule has 0 fully saturated rings. The number of nitrogens with zero attached hydrogens (tertiary/aromatic N) is 2. The summed E-state index contributed by atoms with van der Waals surface area (Å²) < 4.78 is 40.0. The Morgan fingerprint density at radius 2 is 1.77 bits per heavy atom. The number of benzene rings is 3. The number of ether oxygens (including phenoxy) is 2. The van der Waals surface area contributed by atoms with Crippen molar-refractivity contribution < 1.29 is 22.7 Å². The lowest BCUT2D eigenvalue weighted by molar-refractivity contribution is -0.120. The van der Waals surface area contributed by atoms with Gasteiger partial charge in [-0.15, -0.1) is 0 Å². The van der Waals surface area contributed by atoms with Gasteiger partial charge in [-0.05, 0) is 43.3 Å². The van der Waals surface area contributed by atoms with Gasteiger partial charge in [0.15, 0.2) is 5.54 Å². The van der Waals surface area contributed by atoms with Crippen molar-refractivity contribution in [3.63, 3.8) is 0 Å². The number of amides is 1. The van der Waals surface area contributed by atoms with E-state index >= 15 is 0 Å². The minimum atomic E-state index is -4.39. The van der Waals surface area contributed by atoms with Gasteiger partial charge in [0, 0.05) is 22.7 Å². The van der Waals surface area contributed by atoms with Gasteiger partial charge in [0.25, 0.3) is 15.9 Å². The zero-order valence-corrected chi connectivity index (χ0v) is 20.0. The van der Waals surface area contributed by atoms with Crippen molar-refractivity contribution in [2.45, 2.75) is 17.4 Å². The number of pyridine rings is 1. The number of hydrogen-bond donors (Lipinski definition) is 1. The van der Waals surface area contributed by atoms with E-state index in [1.165, 1.54) is 25.4 Å². The summed E-state index contributed by atoms with van der Waals surface area (Å²) in [6.07, 6.45) is 1.51. The fraction of sp³-hybridized carbons (Fsp3) is 0.154. The Morgan fingerprint density at radius 1 is 1.00 bits per heavy atom. The fourth-order valence-electron chi connectivity index (χ4n) is 4.48. The number of anilines is 1. The summed E-state index contributed by atoms with van der Waals surface area (Å²) in [5.74, 6) is 0.0119. The van der Waals surface area contributed by atoms with Crippen molar-refractivity contribution >= 4 is 32.5 Å². The van der Waals surface area contributed by atoms with E-state index in [0.717, 1.165) is 4.31 Å². The van der Waals surface area contributed by atoms with Crippen LogP contribution in [0.25, 0.3) is 10.9 Å². The number of nitrogens with two attached hydrogens (primary N) is 1. The maximum atomic E-state index is 14.1. The van der Waals surface area contributed by atoms with E-state index in [1.807, 2.05) is 6.92 Å². The van der Waals surface area contributed by atoms with E-state index < -0.39 is 21.5 Å². The first-order valence-corrected chi connectivity index (χ1v) is 12.4. The van der Waals surface area contributed by atoms with E-state index in [-0.39, 0.29) is 16.1 Å². The third-order valence-electron chi connectivity index (χ3n) is 6.09. The average Bonchev–Trinajstić information content (AvgIpc) is 3.11. The molecule has 0 spiro atoms. The zero-order chi connectivity index (χ0) is 24.8. The lowest BCUT2D eigenvalue weighted by Crippen LogP contribution is -2.49. The molecule has 0 bridgehead atoms. The Hall–Kier alpha value is -3.95. The SMILES string of the molecule is CCOc1ccccc1C1(N)C(=O)N(S(=O)(=O)c2cccc3cccnc23)c2ccc(OC)cc21. The van der Waals surface area contributed by atoms with Gasteiger partial charge in [-0.25, -0.2) is 12.7 Å². The molecule has 1 aliphatic heterocycles. The Labute approximate surface area is 203 Å². The summed E-state index contributed by atoms with van der Waals surface area (Å²) in [6, 6.07) is 19.9. The lowest BCUT2D eigenvalue weighted by atomic mass is 9.84. The molecular weight excluding hydrogens is 466 g/mol. The van der Waals surface area contributed by atoms with E-state index in [0.29, 0.717) is 34.6 Å². The van der Waals surface area contributed by atoms with Gasteiger partial charge in [0.1, 0.15) is 16.4 Å². The van der Waals surface area contributed by atoms with Crippen LogP contribution in [0.4, 0.5) is 5.69 Å². The molecule has 0 saturated carbocycles. The minimum absolute atomic E-state index is 0.0898.